The zero-order valence-corrected chi connectivity index (χ0v) is 15.7. The Labute approximate surface area is 150 Å². The highest BCUT2D eigenvalue weighted by atomic mass is 79.9. The zero-order valence-electron chi connectivity index (χ0n) is 14.2. The second-order valence-electron chi connectivity index (χ2n) is 7.49. The van der Waals surface area contributed by atoms with Crippen LogP contribution >= 0.6 is 15.9 Å². The summed E-state index contributed by atoms with van der Waals surface area (Å²) in [5, 5.41) is 0. The van der Waals surface area contributed by atoms with Crippen molar-refractivity contribution in [2.75, 3.05) is 26.2 Å². The van der Waals surface area contributed by atoms with Gasteiger partial charge in [0.25, 0.3) is 5.91 Å². The summed E-state index contributed by atoms with van der Waals surface area (Å²) in [7, 11) is 0. The van der Waals surface area contributed by atoms with Gasteiger partial charge in [-0.05, 0) is 48.8 Å². The Hall–Kier alpha value is -1.63. The van der Waals surface area contributed by atoms with Crippen molar-refractivity contribution >= 4 is 27.9 Å². The van der Waals surface area contributed by atoms with E-state index in [4.69, 9.17) is 4.74 Å². The summed E-state index contributed by atoms with van der Waals surface area (Å²) in [5.74, 6) is 0.656. The van der Waals surface area contributed by atoms with Gasteiger partial charge in [0.2, 0.25) is 0 Å². The first kappa shape index (κ1) is 17.2. The second kappa shape index (κ2) is 6.35. The molecule has 2 saturated heterocycles. The maximum Gasteiger partial charge on any atom is 0.410 e. The highest BCUT2D eigenvalue weighted by Gasteiger charge is 2.44. The quantitative estimate of drug-likeness (QED) is 0.685. The molecule has 24 heavy (non-hydrogen) atoms. The van der Waals surface area contributed by atoms with Crippen molar-refractivity contribution in [3.05, 3.63) is 28.5 Å². The van der Waals surface area contributed by atoms with Crippen molar-refractivity contribution in [3.63, 3.8) is 0 Å². The molecule has 3 heterocycles. The Kier molecular flexibility index (Phi) is 4.55. The molecule has 1 aromatic heterocycles. The summed E-state index contributed by atoms with van der Waals surface area (Å²) in [4.78, 5) is 32.5. The molecular formula is C17H22BrN3O3. The first-order chi connectivity index (χ1) is 11.2. The van der Waals surface area contributed by atoms with Crippen molar-refractivity contribution < 1.29 is 14.3 Å². The molecule has 0 aliphatic carbocycles. The summed E-state index contributed by atoms with van der Waals surface area (Å²) in [6, 6.07) is 3.55. The van der Waals surface area contributed by atoms with E-state index in [1.54, 1.807) is 23.2 Å². The maximum atomic E-state index is 12.6. The minimum atomic E-state index is -0.481. The molecule has 0 spiro atoms. The van der Waals surface area contributed by atoms with Gasteiger partial charge in [-0.15, -0.1) is 0 Å². The monoisotopic (exact) mass is 395 g/mol. The fourth-order valence-electron chi connectivity index (χ4n) is 3.32. The summed E-state index contributed by atoms with van der Waals surface area (Å²) >= 11 is 3.27. The van der Waals surface area contributed by atoms with Crippen molar-refractivity contribution in [3.8, 4) is 0 Å². The largest absolute Gasteiger partial charge is 0.444 e. The molecule has 2 atom stereocenters. The Morgan fingerprint density at radius 1 is 1.12 bits per heavy atom. The van der Waals surface area contributed by atoms with E-state index in [0.29, 0.717) is 48.2 Å². The molecule has 2 aliphatic heterocycles. The lowest BCUT2D eigenvalue weighted by Gasteiger charge is -2.26. The molecule has 0 N–H and O–H groups in total. The van der Waals surface area contributed by atoms with E-state index in [9.17, 15) is 9.59 Å². The van der Waals surface area contributed by atoms with Crippen LogP contribution in [-0.2, 0) is 4.74 Å². The van der Waals surface area contributed by atoms with E-state index in [1.165, 1.54) is 0 Å². The smallest absolute Gasteiger partial charge is 0.410 e. The van der Waals surface area contributed by atoms with Gasteiger partial charge in [-0.25, -0.2) is 9.78 Å². The minimum Gasteiger partial charge on any atom is -0.444 e. The summed E-state index contributed by atoms with van der Waals surface area (Å²) in [6.45, 7) is 8.28. The molecule has 7 heteroatoms. The van der Waals surface area contributed by atoms with Crippen LogP contribution < -0.4 is 0 Å². The number of amides is 2. The predicted molar refractivity (Wildman–Crippen MR) is 92.6 cm³/mol. The molecule has 0 unspecified atom stereocenters. The van der Waals surface area contributed by atoms with Crippen molar-refractivity contribution in [2.24, 2.45) is 11.8 Å². The number of ether oxygens (including phenoxy) is 1. The number of aromatic nitrogens is 1. The maximum absolute atomic E-state index is 12.6. The number of likely N-dealkylation sites (tertiary alicyclic amines) is 2. The van der Waals surface area contributed by atoms with E-state index in [0.717, 1.165) is 0 Å². The van der Waals surface area contributed by atoms with E-state index < -0.39 is 5.60 Å². The lowest BCUT2D eigenvalue weighted by Crippen LogP contribution is -2.38. The number of carbonyl (C=O) groups is 2. The van der Waals surface area contributed by atoms with Crippen LogP contribution in [0.25, 0.3) is 0 Å². The van der Waals surface area contributed by atoms with Crippen LogP contribution in [0.1, 0.15) is 31.1 Å². The molecular weight excluding hydrogens is 374 g/mol. The fraction of sp³-hybridized carbons (Fsp3) is 0.588. The Morgan fingerprint density at radius 2 is 1.71 bits per heavy atom. The third-order valence-corrected chi connectivity index (χ3v) is 4.87. The molecule has 0 aromatic carbocycles. The van der Waals surface area contributed by atoms with E-state index in [2.05, 4.69) is 20.9 Å². The number of hydrogen-bond acceptors (Lipinski definition) is 4. The van der Waals surface area contributed by atoms with Gasteiger partial charge in [0.15, 0.2) is 0 Å². The predicted octanol–water partition coefficient (Wildman–Crippen LogP) is 2.78. The van der Waals surface area contributed by atoms with Crippen molar-refractivity contribution in [1.82, 2.24) is 14.8 Å². The number of carbonyl (C=O) groups excluding carboxylic acids is 2. The van der Waals surface area contributed by atoms with Gasteiger partial charge >= 0.3 is 6.09 Å². The molecule has 2 amide bonds. The molecule has 130 valence electrons. The topological polar surface area (TPSA) is 62.7 Å². The Balaban J connectivity index is 1.58. The number of pyridine rings is 1. The van der Waals surface area contributed by atoms with Crippen LogP contribution in [0.2, 0.25) is 0 Å². The number of hydrogen-bond donors (Lipinski definition) is 0. The molecule has 6 nitrogen and oxygen atoms in total. The summed E-state index contributed by atoms with van der Waals surface area (Å²) in [5.41, 5.74) is 0.118. The molecule has 0 radical (unpaired) electrons. The van der Waals surface area contributed by atoms with Crippen LogP contribution in [0.5, 0.6) is 0 Å². The number of fused-ring (bicyclic) bond motifs is 1. The molecule has 0 bridgehead atoms. The molecule has 1 aromatic rings. The van der Waals surface area contributed by atoms with Crippen LogP contribution in [0.3, 0.4) is 0 Å². The van der Waals surface area contributed by atoms with Gasteiger partial charge in [0.1, 0.15) is 10.2 Å². The third kappa shape index (κ3) is 3.71. The highest BCUT2D eigenvalue weighted by molar-refractivity contribution is 9.10. The molecule has 2 aliphatic rings. The number of rotatable bonds is 1. The van der Waals surface area contributed by atoms with E-state index in [1.807, 2.05) is 25.7 Å². The first-order valence-electron chi connectivity index (χ1n) is 8.12. The standard InChI is InChI=1S/C17H22BrN3O3/c1-17(2,3)24-16(23)21-9-12-7-20(8-13(12)10-21)15(22)11-4-5-14(18)19-6-11/h4-6,12-13H,7-10H2,1-3H3/t12-,13+. The van der Waals surface area contributed by atoms with E-state index >= 15 is 0 Å². The van der Waals surface area contributed by atoms with Crippen molar-refractivity contribution in [1.29, 1.82) is 0 Å². The molecule has 2 fully saturated rings. The summed E-state index contributed by atoms with van der Waals surface area (Å²) in [6.07, 6.45) is 1.33. The lowest BCUT2D eigenvalue weighted by molar-refractivity contribution is 0.0275. The molecule has 3 rings (SSSR count). The van der Waals surface area contributed by atoms with Crippen LogP contribution in [0.4, 0.5) is 4.79 Å². The van der Waals surface area contributed by atoms with Crippen LogP contribution in [0, 0.1) is 11.8 Å². The van der Waals surface area contributed by atoms with Gasteiger partial charge in [0.05, 0.1) is 5.56 Å². The van der Waals surface area contributed by atoms with Gasteiger partial charge in [-0.3, -0.25) is 4.79 Å². The normalized spacial score (nSPS) is 23.3. The first-order valence-corrected chi connectivity index (χ1v) is 8.91. The third-order valence-electron chi connectivity index (χ3n) is 4.40. The van der Waals surface area contributed by atoms with Gasteiger partial charge < -0.3 is 14.5 Å². The lowest BCUT2D eigenvalue weighted by atomic mass is 10.0. The van der Waals surface area contributed by atoms with Gasteiger partial charge in [-0.2, -0.15) is 0 Å². The number of nitrogens with zero attached hydrogens (tertiary/aromatic N) is 3. The molecule has 0 saturated carbocycles. The van der Waals surface area contributed by atoms with Crippen LogP contribution in [0.15, 0.2) is 22.9 Å². The Morgan fingerprint density at radius 3 is 2.21 bits per heavy atom. The minimum absolute atomic E-state index is 0.00761. The average molecular weight is 396 g/mol. The summed E-state index contributed by atoms with van der Waals surface area (Å²) < 4.78 is 6.15. The SMILES string of the molecule is CC(C)(C)OC(=O)N1C[C@@H]2CN(C(=O)c3ccc(Br)nc3)C[C@@H]2C1. The number of halogens is 1. The highest BCUT2D eigenvalue weighted by Crippen LogP contribution is 2.32. The van der Waals surface area contributed by atoms with Crippen LogP contribution in [-0.4, -0.2) is 58.6 Å². The van der Waals surface area contributed by atoms with Gasteiger partial charge in [0, 0.05) is 44.2 Å². The fourth-order valence-corrected chi connectivity index (χ4v) is 3.55. The second-order valence-corrected chi connectivity index (χ2v) is 8.30. The van der Waals surface area contributed by atoms with E-state index in [-0.39, 0.29) is 12.0 Å². The van der Waals surface area contributed by atoms with Gasteiger partial charge in [-0.1, -0.05) is 0 Å². The zero-order chi connectivity index (χ0) is 17.5. The van der Waals surface area contributed by atoms with Crippen molar-refractivity contribution in [2.45, 2.75) is 26.4 Å². The Bertz CT molecular complexity index is 627. The average Bonchev–Trinajstić information content (AvgIpc) is 3.04.